The molecule has 0 N–H and O–H groups in total. The first-order valence-corrected chi connectivity index (χ1v) is 27.1. The first-order valence-electron chi connectivity index (χ1n) is 27.1. The Morgan fingerprint density at radius 2 is 0.677 bits per heavy atom. The highest BCUT2D eigenvalue weighted by molar-refractivity contribution is 5.71. The number of allylic oxidation sites excluding steroid dienone is 14. The van der Waals surface area contributed by atoms with Gasteiger partial charge in [0.25, 0.3) is 0 Å². The molecule has 0 fully saturated rings. The van der Waals surface area contributed by atoms with E-state index in [9.17, 15) is 14.4 Å². The second-order valence-corrected chi connectivity index (χ2v) is 17.8. The SMILES string of the molecule is CC/C=C/C=C/C=C/CCCCCCCC(=O)OCC(COC(=O)CCCCCCCCCCC/C=C/C/C=C/C/C=C/CC)OC(=O)CCCCCCCCC/C=C/CCCCCC. The van der Waals surface area contributed by atoms with Gasteiger partial charge in [-0.25, -0.2) is 0 Å². The molecule has 0 aliphatic heterocycles. The molecule has 0 bridgehead atoms. The van der Waals surface area contributed by atoms with Gasteiger partial charge in [-0.3, -0.25) is 14.4 Å². The highest BCUT2D eigenvalue weighted by Crippen LogP contribution is 2.15. The third kappa shape index (κ3) is 51.4. The van der Waals surface area contributed by atoms with Gasteiger partial charge in [0.1, 0.15) is 13.2 Å². The highest BCUT2D eigenvalue weighted by atomic mass is 16.6. The zero-order valence-electron chi connectivity index (χ0n) is 42.5. The van der Waals surface area contributed by atoms with Crippen LogP contribution in [0.2, 0.25) is 0 Å². The summed E-state index contributed by atoms with van der Waals surface area (Å²) in [6.45, 7) is 6.36. The number of ether oxygens (including phenoxy) is 3. The lowest BCUT2D eigenvalue weighted by Gasteiger charge is -2.18. The van der Waals surface area contributed by atoms with E-state index in [4.69, 9.17) is 14.2 Å². The summed E-state index contributed by atoms with van der Waals surface area (Å²) in [6.07, 6.45) is 68.5. The molecule has 6 heteroatoms. The van der Waals surface area contributed by atoms with Crippen LogP contribution in [0.25, 0.3) is 0 Å². The van der Waals surface area contributed by atoms with Gasteiger partial charge in [-0.05, 0) is 96.3 Å². The molecule has 0 rings (SSSR count). The maximum atomic E-state index is 12.8. The van der Waals surface area contributed by atoms with Crippen molar-refractivity contribution in [3.8, 4) is 0 Å². The molecule has 0 saturated carbocycles. The van der Waals surface area contributed by atoms with Crippen molar-refractivity contribution in [3.63, 3.8) is 0 Å². The smallest absolute Gasteiger partial charge is 0.306 e. The normalized spacial score (nSPS) is 12.7. The summed E-state index contributed by atoms with van der Waals surface area (Å²) in [5.74, 6) is -0.916. The van der Waals surface area contributed by atoms with Gasteiger partial charge in [0.05, 0.1) is 0 Å². The molecule has 0 aliphatic rings. The molecule has 0 heterocycles. The fourth-order valence-corrected chi connectivity index (χ4v) is 7.39. The van der Waals surface area contributed by atoms with Crippen LogP contribution in [0.5, 0.6) is 0 Å². The van der Waals surface area contributed by atoms with Crippen LogP contribution >= 0.6 is 0 Å². The van der Waals surface area contributed by atoms with E-state index in [2.05, 4.69) is 106 Å². The second kappa shape index (κ2) is 53.2. The number of hydrogen-bond acceptors (Lipinski definition) is 6. The van der Waals surface area contributed by atoms with E-state index in [0.29, 0.717) is 19.3 Å². The zero-order chi connectivity index (χ0) is 47.2. The third-order valence-corrected chi connectivity index (χ3v) is 11.4. The Morgan fingerprint density at radius 1 is 0.338 bits per heavy atom. The van der Waals surface area contributed by atoms with Gasteiger partial charge in [-0.2, -0.15) is 0 Å². The maximum Gasteiger partial charge on any atom is 0.306 e. The summed E-state index contributed by atoms with van der Waals surface area (Å²) in [7, 11) is 0. The predicted molar refractivity (Wildman–Crippen MR) is 279 cm³/mol. The summed E-state index contributed by atoms with van der Waals surface area (Å²) in [5.41, 5.74) is 0. The number of unbranched alkanes of at least 4 members (excludes halogenated alkanes) is 25. The number of carbonyl (C=O) groups excluding carboxylic acids is 3. The summed E-state index contributed by atoms with van der Waals surface area (Å²) in [5, 5.41) is 0. The van der Waals surface area contributed by atoms with E-state index in [1.54, 1.807) is 0 Å². The molecule has 372 valence electrons. The summed E-state index contributed by atoms with van der Waals surface area (Å²) in [6, 6.07) is 0. The number of carbonyl (C=O) groups is 3. The first-order chi connectivity index (χ1) is 32.0. The minimum atomic E-state index is -0.789. The van der Waals surface area contributed by atoms with Crippen LogP contribution in [0.15, 0.2) is 85.1 Å². The van der Waals surface area contributed by atoms with Crippen LogP contribution in [0, 0.1) is 0 Å². The average Bonchev–Trinajstić information content (AvgIpc) is 3.30. The molecule has 0 aliphatic carbocycles. The fourth-order valence-electron chi connectivity index (χ4n) is 7.39. The Morgan fingerprint density at radius 3 is 1.12 bits per heavy atom. The Bertz CT molecular complexity index is 1270. The monoisotopic (exact) mass is 905 g/mol. The van der Waals surface area contributed by atoms with Crippen LogP contribution in [-0.2, 0) is 28.6 Å². The maximum absolute atomic E-state index is 12.8. The molecule has 0 radical (unpaired) electrons. The molecule has 0 spiro atoms. The Kier molecular flexibility index (Phi) is 50.4. The fraction of sp³-hybridized carbons (Fsp3) is 0.712. The second-order valence-electron chi connectivity index (χ2n) is 17.8. The van der Waals surface area contributed by atoms with Gasteiger partial charge in [-0.1, -0.05) is 221 Å². The Labute approximate surface area is 401 Å². The van der Waals surface area contributed by atoms with Crippen LogP contribution in [0.4, 0.5) is 0 Å². The topological polar surface area (TPSA) is 78.9 Å². The molecule has 1 unspecified atom stereocenters. The van der Waals surface area contributed by atoms with Crippen LogP contribution in [0.3, 0.4) is 0 Å². The van der Waals surface area contributed by atoms with Crippen molar-refractivity contribution in [2.24, 2.45) is 0 Å². The number of hydrogen-bond donors (Lipinski definition) is 0. The van der Waals surface area contributed by atoms with Gasteiger partial charge >= 0.3 is 17.9 Å². The van der Waals surface area contributed by atoms with Crippen molar-refractivity contribution in [2.75, 3.05) is 13.2 Å². The molecular weight excluding hydrogens is 805 g/mol. The predicted octanol–water partition coefficient (Wildman–Crippen LogP) is 18.0. The minimum Gasteiger partial charge on any atom is -0.462 e. The van der Waals surface area contributed by atoms with Gasteiger partial charge < -0.3 is 14.2 Å². The molecule has 0 saturated heterocycles. The van der Waals surface area contributed by atoms with Crippen molar-refractivity contribution >= 4 is 17.9 Å². The molecule has 0 amide bonds. The third-order valence-electron chi connectivity index (χ3n) is 11.4. The van der Waals surface area contributed by atoms with E-state index < -0.39 is 6.10 Å². The van der Waals surface area contributed by atoms with Crippen LogP contribution < -0.4 is 0 Å². The lowest BCUT2D eigenvalue weighted by atomic mass is 10.1. The van der Waals surface area contributed by atoms with Crippen molar-refractivity contribution in [1.29, 1.82) is 0 Å². The molecular formula is C59H100O6. The van der Waals surface area contributed by atoms with Gasteiger partial charge in [0.15, 0.2) is 6.10 Å². The molecule has 6 nitrogen and oxygen atoms in total. The summed E-state index contributed by atoms with van der Waals surface area (Å²) in [4.78, 5) is 38.1. The lowest BCUT2D eigenvalue weighted by Crippen LogP contribution is -2.30. The van der Waals surface area contributed by atoms with Crippen LogP contribution in [-0.4, -0.2) is 37.2 Å². The lowest BCUT2D eigenvalue weighted by molar-refractivity contribution is -0.167. The quantitative estimate of drug-likeness (QED) is 0.0199. The Hall–Kier alpha value is -3.41. The summed E-state index contributed by atoms with van der Waals surface area (Å²) < 4.78 is 16.8. The van der Waals surface area contributed by atoms with Crippen LogP contribution in [0.1, 0.15) is 252 Å². The van der Waals surface area contributed by atoms with Crippen molar-refractivity contribution < 1.29 is 28.6 Å². The van der Waals surface area contributed by atoms with Crippen molar-refractivity contribution in [2.45, 2.75) is 258 Å². The van der Waals surface area contributed by atoms with E-state index >= 15 is 0 Å². The average molecular weight is 905 g/mol. The van der Waals surface area contributed by atoms with E-state index in [0.717, 1.165) is 103 Å². The standard InChI is InChI=1S/C59H100O6/c1-4-7-10-13-16-19-22-25-27-28-29-30-32-34-37-40-43-46-49-52-58(61)64-55-56(54-63-57(60)51-48-45-42-39-36-33-24-21-18-15-12-9-6-3)65-59(62)53-50-47-44-41-38-35-31-26-23-20-17-14-11-8-5-2/h7,9-10,12,15-16,18-21,23-25,27,56H,4-6,8,11,13-14,17,22,26,28-55H2,1-3H3/b10-7+,12-9+,18-15+,19-16+,23-20+,24-21+,27-25+. The largest absolute Gasteiger partial charge is 0.462 e. The minimum absolute atomic E-state index is 0.0879. The number of esters is 3. The zero-order valence-corrected chi connectivity index (χ0v) is 42.5. The van der Waals surface area contributed by atoms with E-state index in [1.165, 1.54) is 109 Å². The molecule has 1 atom stereocenters. The molecule has 65 heavy (non-hydrogen) atoms. The van der Waals surface area contributed by atoms with E-state index in [-0.39, 0.29) is 31.1 Å². The highest BCUT2D eigenvalue weighted by Gasteiger charge is 2.19. The van der Waals surface area contributed by atoms with Gasteiger partial charge in [-0.15, -0.1) is 0 Å². The molecule has 0 aromatic rings. The van der Waals surface area contributed by atoms with Crippen molar-refractivity contribution in [3.05, 3.63) is 85.1 Å². The van der Waals surface area contributed by atoms with Gasteiger partial charge in [0.2, 0.25) is 0 Å². The number of rotatable bonds is 48. The van der Waals surface area contributed by atoms with E-state index in [1.807, 2.05) is 0 Å². The Balaban J connectivity index is 4.39. The first kappa shape index (κ1) is 61.6. The van der Waals surface area contributed by atoms with Gasteiger partial charge in [0, 0.05) is 19.3 Å². The molecule has 0 aromatic heterocycles. The summed E-state index contributed by atoms with van der Waals surface area (Å²) >= 11 is 0. The van der Waals surface area contributed by atoms with Crippen molar-refractivity contribution in [1.82, 2.24) is 0 Å². The molecule has 0 aromatic carbocycles.